The third-order valence-corrected chi connectivity index (χ3v) is 4.40. The van der Waals surface area contributed by atoms with Gasteiger partial charge in [0.25, 0.3) is 5.91 Å². The molecule has 0 aliphatic carbocycles. The summed E-state index contributed by atoms with van der Waals surface area (Å²) in [5.74, 6) is -0.0231. The quantitative estimate of drug-likeness (QED) is 0.881. The van der Waals surface area contributed by atoms with E-state index in [0.717, 1.165) is 22.6 Å². The maximum Gasteiger partial charge on any atom is 0.282 e. The van der Waals surface area contributed by atoms with Crippen LogP contribution >= 0.6 is 11.6 Å². The molecule has 1 heterocycles. The van der Waals surface area contributed by atoms with E-state index >= 15 is 0 Å². The summed E-state index contributed by atoms with van der Waals surface area (Å²) in [5.41, 5.74) is 3.73. The number of halogens is 1. The van der Waals surface area contributed by atoms with E-state index in [1.807, 2.05) is 57.4 Å². The van der Waals surface area contributed by atoms with Crippen molar-refractivity contribution in [3.8, 4) is 0 Å². The normalized spacial score (nSPS) is 13.7. The van der Waals surface area contributed by atoms with Crippen LogP contribution in [-0.2, 0) is 11.8 Å². The maximum absolute atomic E-state index is 12.4. The first kappa shape index (κ1) is 17.5. The van der Waals surface area contributed by atoms with Gasteiger partial charge in [0, 0.05) is 17.6 Å². The van der Waals surface area contributed by atoms with Crippen LogP contribution < -0.4 is 10.6 Å². The average Bonchev–Trinajstić information content (AvgIpc) is 2.74. The van der Waals surface area contributed by atoms with Gasteiger partial charge in [-0.15, -0.1) is 0 Å². The number of hydrogen-bond donors (Lipinski definition) is 2. The van der Waals surface area contributed by atoms with Gasteiger partial charge in [-0.1, -0.05) is 23.7 Å². The van der Waals surface area contributed by atoms with Gasteiger partial charge in [-0.25, -0.2) is 0 Å². The molecule has 0 fully saturated rings. The van der Waals surface area contributed by atoms with Gasteiger partial charge in [-0.05, 0) is 39.8 Å². The molecule has 0 aliphatic heterocycles. The summed E-state index contributed by atoms with van der Waals surface area (Å²) in [7, 11) is 1.87. The van der Waals surface area contributed by atoms with E-state index in [1.54, 1.807) is 4.68 Å². The lowest BCUT2D eigenvalue weighted by Gasteiger charge is -2.17. The SMILES string of the molecule is Cc1nn(C)c(C)c1NC(=O)[C@H](C)[NH2+][C@@H](C)c1ccc(Cl)cc1. The average molecular weight is 336 g/mol. The highest BCUT2D eigenvalue weighted by molar-refractivity contribution is 6.30. The van der Waals surface area contributed by atoms with Crippen LogP contribution in [0, 0.1) is 13.8 Å². The molecule has 0 radical (unpaired) electrons. The van der Waals surface area contributed by atoms with Gasteiger partial charge in [-0.3, -0.25) is 9.48 Å². The molecule has 2 rings (SSSR count). The van der Waals surface area contributed by atoms with Crippen molar-refractivity contribution in [1.82, 2.24) is 9.78 Å². The molecule has 2 aromatic rings. The van der Waals surface area contributed by atoms with Crippen molar-refractivity contribution in [2.24, 2.45) is 7.05 Å². The van der Waals surface area contributed by atoms with Crippen LogP contribution in [-0.4, -0.2) is 21.7 Å². The molecule has 1 aromatic carbocycles. The monoisotopic (exact) mass is 335 g/mol. The Kier molecular flexibility index (Phi) is 5.44. The standard InChI is InChI=1S/C17H23ClN4O/c1-10(14-6-8-15(18)9-7-14)19-12(3)17(23)20-16-11(2)21-22(5)13(16)4/h6-10,12,19H,1-5H3,(H,20,23)/p+1/t10-,12-/m0/s1. The van der Waals surface area contributed by atoms with Crippen molar-refractivity contribution in [2.75, 3.05) is 5.32 Å². The second-order valence-corrected chi connectivity index (χ2v) is 6.42. The fourth-order valence-corrected chi connectivity index (χ4v) is 2.72. The number of carbonyl (C=O) groups is 1. The van der Waals surface area contributed by atoms with Crippen LogP contribution in [0.15, 0.2) is 24.3 Å². The van der Waals surface area contributed by atoms with Gasteiger partial charge < -0.3 is 10.6 Å². The number of anilines is 1. The second-order valence-electron chi connectivity index (χ2n) is 5.98. The number of nitrogens with zero attached hydrogens (tertiary/aromatic N) is 2. The number of rotatable bonds is 5. The molecule has 1 aromatic heterocycles. The molecule has 0 aliphatic rings. The summed E-state index contributed by atoms with van der Waals surface area (Å²) in [6, 6.07) is 7.68. The van der Waals surface area contributed by atoms with E-state index < -0.39 is 0 Å². The van der Waals surface area contributed by atoms with Crippen LogP contribution in [0.4, 0.5) is 5.69 Å². The molecule has 0 saturated carbocycles. The summed E-state index contributed by atoms with van der Waals surface area (Å²) >= 11 is 5.91. The van der Waals surface area contributed by atoms with Crippen molar-refractivity contribution in [1.29, 1.82) is 0 Å². The van der Waals surface area contributed by atoms with Gasteiger partial charge in [0.2, 0.25) is 0 Å². The fraction of sp³-hybridized carbons (Fsp3) is 0.412. The van der Waals surface area contributed by atoms with Crippen LogP contribution in [0.5, 0.6) is 0 Å². The molecule has 0 unspecified atom stereocenters. The van der Waals surface area contributed by atoms with Gasteiger partial charge >= 0.3 is 0 Å². The van der Waals surface area contributed by atoms with Crippen LogP contribution in [0.2, 0.25) is 5.02 Å². The summed E-state index contributed by atoms with van der Waals surface area (Å²) in [6.07, 6.45) is 0. The zero-order valence-electron chi connectivity index (χ0n) is 14.2. The maximum atomic E-state index is 12.4. The lowest BCUT2D eigenvalue weighted by atomic mass is 10.1. The molecule has 0 spiro atoms. The Labute approximate surface area is 142 Å². The second kappa shape index (κ2) is 7.15. The van der Waals surface area contributed by atoms with Crippen molar-refractivity contribution in [3.63, 3.8) is 0 Å². The van der Waals surface area contributed by atoms with Gasteiger partial charge in [0.05, 0.1) is 17.1 Å². The first-order chi connectivity index (χ1) is 10.8. The summed E-state index contributed by atoms with van der Waals surface area (Å²) in [6.45, 7) is 7.82. The molecule has 3 N–H and O–H groups in total. The number of carbonyl (C=O) groups excluding carboxylic acids is 1. The van der Waals surface area contributed by atoms with E-state index in [4.69, 9.17) is 11.6 Å². The smallest absolute Gasteiger partial charge is 0.282 e. The summed E-state index contributed by atoms with van der Waals surface area (Å²) in [4.78, 5) is 12.4. The number of hydrogen-bond acceptors (Lipinski definition) is 2. The van der Waals surface area contributed by atoms with Gasteiger partial charge in [0.1, 0.15) is 6.04 Å². The number of amides is 1. The Balaban J connectivity index is 2.01. The number of benzene rings is 1. The molecule has 23 heavy (non-hydrogen) atoms. The van der Waals surface area contributed by atoms with Crippen LogP contribution in [0.1, 0.15) is 36.8 Å². The van der Waals surface area contributed by atoms with Crippen molar-refractivity contribution >= 4 is 23.2 Å². The Morgan fingerprint density at radius 2 is 1.87 bits per heavy atom. The lowest BCUT2D eigenvalue weighted by Crippen LogP contribution is -2.91. The third-order valence-electron chi connectivity index (χ3n) is 4.14. The number of quaternary nitrogens is 1. The molecule has 0 bridgehead atoms. The first-order valence-corrected chi connectivity index (χ1v) is 8.09. The van der Waals surface area contributed by atoms with Crippen molar-refractivity contribution < 1.29 is 10.1 Å². The molecule has 5 nitrogen and oxygen atoms in total. The van der Waals surface area contributed by atoms with E-state index in [2.05, 4.69) is 17.3 Å². The predicted octanol–water partition coefficient (Wildman–Crippen LogP) is 2.34. The summed E-state index contributed by atoms with van der Waals surface area (Å²) < 4.78 is 1.77. The largest absolute Gasteiger partial charge is 0.330 e. The van der Waals surface area contributed by atoms with Gasteiger partial charge in [-0.2, -0.15) is 5.10 Å². The van der Waals surface area contributed by atoms with Crippen LogP contribution in [0.25, 0.3) is 0 Å². The van der Waals surface area contributed by atoms with Crippen LogP contribution in [0.3, 0.4) is 0 Å². The minimum atomic E-state index is -0.209. The number of nitrogens with one attached hydrogen (secondary N) is 1. The molecule has 124 valence electrons. The number of aryl methyl sites for hydroxylation is 2. The molecular weight excluding hydrogens is 312 g/mol. The fourth-order valence-electron chi connectivity index (χ4n) is 2.59. The zero-order valence-corrected chi connectivity index (χ0v) is 15.0. The van der Waals surface area contributed by atoms with E-state index in [-0.39, 0.29) is 18.0 Å². The molecule has 0 saturated heterocycles. The highest BCUT2D eigenvalue weighted by Crippen LogP contribution is 2.18. The molecule has 1 amide bonds. The van der Waals surface area contributed by atoms with E-state index in [1.165, 1.54) is 0 Å². The Bertz CT molecular complexity index is 693. The number of aromatic nitrogens is 2. The van der Waals surface area contributed by atoms with Crippen molar-refractivity contribution in [3.05, 3.63) is 46.2 Å². The van der Waals surface area contributed by atoms with Gasteiger partial charge in [0.15, 0.2) is 6.04 Å². The summed E-state index contributed by atoms with van der Waals surface area (Å²) in [5, 5.41) is 10.1. The van der Waals surface area contributed by atoms with Crippen molar-refractivity contribution in [2.45, 2.75) is 39.8 Å². The minimum Gasteiger partial charge on any atom is -0.330 e. The van der Waals surface area contributed by atoms with E-state index in [0.29, 0.717) is 5.02 Å². The minimum absolute atomic E-state index is 0.0231. The highest BCUT2D eigenvalue weighted by atomic mass is 35.5. The Morgan fingerprint density at radius 3 is 2.39 bits per heavy atom. The van der Waals surface area contributed by atoms with E-state index in [9.17, 15) is 4.79 Å². The molecule has 6 heteroatoms. The first-order valence-electron chi connectivity index (χ1n) is 7.71. The Morgan fingerprint density at radius 1 is 1.26 bits per heavy atom. The zero-order chi connectivity index (χ0) is 17.1. The Hall–Kier alpha value is -1.85. The topological polar surface area (TPSA) is 63.5 Å². The third kappa shape index (κ3) is 4.12. The highest BCUT2D eigenvalue weighted by Gasteiger charge is 2.22. The number of nitrogens with two attached hydrogens (primary N) is 1. The molecular formula is C17H24ClN4O+. The lowest BCUT2D eigenvalue weighted by molar-refractivity contribution is -0.709. The molecule has 2 atom stereocenters. The predicted molar refractivity (Wildman–Crippen MR) is 92.6 cm³/mol.